The Morgan fingerprint density at radius 3 is 2.36 bits per heavy atom. The molecule has 6 N–H and O–H groups in total. The smallest absolute Gasteiger partial charge is 0.264 e. The molecule has 0 radical (unpaired) electrons. The van der Waals surface area contributed by atoms with Crippen LogP contribution in [0.1, 0.15) is 53.5 Å². The Kier molecular flexibility index (Phi) is 9.91. The molecule has 1 aliphatic rings. The summed E-state index contributed by atoms with van der Waals surface area (Å²) >= 11 is 6.61. The minimum Gasteiger partial charge on any atom is -0.366 e. The summed E-state index contributed by atoms with van der Waals surface area (Å²) in [6.45, 7) is 0.615. The summed E-state index contributed by atoms with van der Waals surface area (Å²) < 4.78 is 28.3. The van der Waals surface area contributed by atoms with Crippen LogP contribution in [-0.2, 0) is 21.2 Å². The molecule has 5 rings (SSSR count). The van der Waals surface area contributed by atoms with Crippen molar-refractivity contribution in [3.8, 4) is 11.3 Å². The van der Waals surface area contributed by atoms with Crippen molar-refractivity contribution in [1.29, 1.82) is 0 Å². The first kappa shape index (κ1) is 32.2. The maximum atomic E-state index is 13.5. The summed E-state index contributed by atoms with van der Waals surface area (Å²) in [5.41, 5.74) is 13.9. The fraction of sp³-hybridized carbons (Fsp3) is 0.303. The van der Waals surface area contributed by atoms with Gasteiger partial charge in [0.25, 0.3) is 10.0 Å². The zero-order valence-electron chi connectivity index (χ0n) is 24.9. The van der Waals surface area contributed by atoms with E-state index in [2.05, 4.69) is 10.3 Å². The first-order valence-electron chi connectivity index (χ1n) is 14.9. The Morgan fingerprint density at radius 2 is 1.71 bits per heavy atom. The molecule has 2 amide bonds. The first-order chi connectivity index (χ1) is 21.6. The molecule has 3 aromatic carbocycles. The van der Waals surface area contributed by atoms with Crippen molar-refractivity contribution in [3.63, 3.8) is 0 Å². The Balaban J connectivity index is 1.44. The van der Waals surface area contributed by atoms with Gasteiger partial charge in [0, 0.05) is 24.1 Å². The van der Waals surface area contributed by atoms with E-state index in [0.29, 0.717) is 46.4 Å². The van der Waals surface area contributed by atoms with Crippen LogP contribution in [0, 0.1) is 11.8 Å². The van der Waals surface area contributed by atoms with Crippen molar-refractivity contribution in [3.05, 3.63) is 101 Å². The van der Waals surface area contributed by atoms with Crippen molar-refractivity contribution in [2.45, 2.75) is 43.0 Å². The van der Waals surface area contributed by atoms with E-state index in [9.17, 15) is 18.0 Å². The van der Waals surface area contributed by atoms with E-state index >= 15 is 0 Å². The van der Waals surface area contributed by atoms with E-state index in [4.69, 9.17) is 28.1 Å². The Bertz CT molecular complexity index is 1750. The molecular weight excluding hydrogens is 612 g/mol. The highest BCUT2D eigenvalue weighted by Crippen LogP contribution is 2.32. The van der Waals surface area contributed by atoms with E-state index in [1.807, 2.05) is 12.1 Å². The SMILES string of the molecule is CN(c1ccccc1)S(=O)(=O)c1cccc(CC(NC(=O)C2CCC(CN)CC2)c2nc(-c3ccc(C(N)=O)cc3)c(Cl)[nH]2)c1. The molecule has 1 unspecified atom stereocenters. The number of hydrogen-bond acceptors (Lipinski definition) is 6. The van der Waals surface area contributed by atoms with Crippen molar-refractivity contribution in [1.82, 2.24) is 15.3 Å². The second kappa shape index (κ2) is 13.8. The molecule has 1 aliphatic carbocycles. The Morgan fingerprint density at radius 1 is 1.02 bits per heavy atom. The van der Waals surface area contributed by atoms with Gasteiger partial charge in [-0.15, -0.1) is 0 Å². The van der Waals surface area contributed by atoms with Crippen LogP contribution < -0.4 is 21.1 Å². The van der Waals surface area contributed by atoms with E-state index < -0.39 is 22.0 Å². The van der Waals surface area contributed by atoms with Gasteiger partial charge in [-0.05, 0) is 86.5 Å². The van der Waals surface area contributed by atoms with Crippen LogP contribution >= 0.6 is 11.6 Å². The molecule has 236 valence electrons. The number of benzene rings is 3. The van der Waals surface area contributed by atoms with Crippen molar-refractivity contribution < 1.29 is 18.0 Å². The minimum absolute atomic E-state index is 0.0945. The van der Waals surface area contributed by atoms with Crippen LogP contribution in [-0.4, -0.2) is 43.8 Å². The van der Waals surface area contributed by atoms with Gasteiger partial charge in [0.2, 0.25) is 11.8 Å². The minimum atomic E-state index is -3.85. The van der Waals surface area contributed by atoms with Crippen molar-refractivity contribution >= 4 is 39.1 Å². The van der Waals surface area contributed by atoms with Gasteiger partial charge >= 0.3 is 0 Å². The topological polar surface area (TPSA) is 164 Å². The second-order valence-electron chi connectivity index (χ2n) is 11.4. The highest BCUT2D eigenvalue weighted by Gasteiger charge is 2.29. The second-order valence-corrected chi connectivity index (χ2v) is 13.7. The number of imidazole rings is 1. The molecule has 0 bridgehead atoms. The third kappa shape index (κ3) is 7.38. The largest absolute Gasteiger partial charge is 0.366 e. The molecule has 45 heavy (non-hydrogen) atoms. The number of carbonyl (C=O) groups is 2. The lowest BCUT2D eigenvalue weighted by Crippen LogP contribution is -2.37. The molecule has 1 heterocycles. The van der Waals surface area contributed by atoms with Crippen LogP contribution in [0.2, 0.25) is 5.15 Å². The molecule has 0 saturated heterocycles. The summed E-state index contributed by atoms with van der Waals surface area (Å²) in [5, 5.41) is 3.43. The van der Waals surface area contributed by atoms with Crippen LogP contribution in [0.25, 0.3) is 11.3 Å². The van der Waals surface area contributed by atoms with Gasteiger partial charge in [-0.3, -0.25) is 13.9 Å². The van der Waals surface area contributed by atoms with Crippen LogP contribution in [0.5, 0.6) is 0 Å². The van der Waals surface area contributed by atoms with Gasteiger partial charge in [0.05, 0.1) is 16.6 Å². The third-order valence-electron chi connectivity index (χ3n) is 8.43. The molecule has 0 spiro atoms. The fourth-order valence-corrected chi connectivity index (χ4v) is 7.20. The molecular formula is C33H37ClN6O4S. The maximum Gasteiger partial charge on any atom is 0.264 e. The lowest BCUT2D eigenvalue weighted by molar-refractivity contribution is -0.127. The van der Waals surface area contributed by atoms with Crippen LogP contribution in [0.4, 0.5) is 5.69 Å². The summed E-state index contributed by atoms with van der Waals surface area (Å²) in [6.07, 6.45) is 3.54. The molecule has 1 atom stereocenters. The predicted octanol–water partition coefficient (Wildman–Crippen LogP) is 4.82. The van der Waals surface area contributed by atoms with Gasteiger partial charge in [-0.25, -0.2) is 13.4 Å². The van der Waals surface area contributed by atoms with Crippen LogP contribution in [0.3, 0.4) is 0 Å². The average Bonchev–Trinajstić information content (AvgIpc) is 3.46. The Labute approximate surface area is 268 Å². The highest BCUT2D eigenvalue weighted by atomic mass is 35.5. The zero-order chi connectivity index (χ0) is 32.1. The fourth-order valence-electron chi connectivity index (χ4n) is 5.69. The van der Waals surface area contributed by atoms with Crippen LogP contribution in [0.15, 0.2) is 83.8 Å². The van der Waals surface area contributed by atoms with Gasteiger partial charge in [-0.1, -0.05) is 54.1 Å². The zero-order valence-corrected chi connectivity index (χ0v) is 26.5. The number of aromatic amines is 1. The summed E-state index contributed by atoms with van der Waals surface area (Å²) in [5.74, 6) is 0.0529. The molecule has 1 saturated carbocycles. The molecule has 0 aliphatic heterocycles. The monoisotopic (exact) mass is 648 g/mol. The number of nitrogens with two attached hydrogens (primary N) is 2. The normalized spacial score (nSPS) is 17.4. The van der Waals surface area contributed by atoms with E-state index in [-0.39, 0.29) is 28.3 Å². The summed E-state index contributed by atoms with van der Waals surface area (Å²) in [4.78, 5) is 33.1. The number of anilines is 1. The quantitative estimate of drug-likeness (QED) is 0.182. The first-order valence-corrected chi connectivity index (χ1v) is 16.7. The molecule has 12 heteroatoms. The molecule has 1 aromatic heterocycles. The number of para-hydroxylation sites is 1. The highest BCUT2D eigenvalue weighted by molar-refractivity contribution is 7.92. The molecule has 1 fully saturated rings. The summed E-state index contributed by atoms with van der Waals surface area (Å²) in [7, 11) is -2.34. The van der Waals surface area contributed by atoms with Gasteiger partial charge in [-0.2, -0.15) is 0 Å². The predicted molar refractivity (Wildman–Crippen MR) is 175 cm³/mol. The van der Waals surface area contributed by atoms with Gasteiger partial charge < -0.3 is 21.8 Å². The number of nitrogens with zero attached hydrogens (tertiary/aromatic N) is 2. The number of rotatable bonds is 11. The lowest BCUT2D eigenvalue weighted by Gasteiger charge is -2.28. The number of H-pyrrole nitrogens is 1. The average molecular weight is 649 g/mol. The number of carbonyl (C=O) groups excluding carboxylic acids is 2. The lowest BCUT2D eigenvalue weighted by atomic mass is 9.81. The van der Waals surface area contributed by atoms with E-state index in [1.54, 1.807) is 66.7 Å². The maximum absolute atomic E-state index is 13.5. The van der Waals surface area contributed by atoms with E-state index in [0.717, 1.165) is 25.7 Å². The number of halogens is 1. The van der Waals surface area contributed by atoms with Crippen molar-refractivity contribution in [2.24, 2.45) is 23.3 Å². The van der Waals surface area contributed by atoms with Gasteiger partial charge in [0.15, 0.2) is 0 Å². The number of nitrogens with one attached hydrogen (secondary N) is 2. The number of sulfonamides is 1. The Hall–Kier alpha value is -4.19. The number of hydrogen-bond donors (Lipinski definition) is 4. The number of aromatic nitrogens is 2. The standard InChI is InChI=1S/C33H37ClN6O4S/c1-40(26-7-3-2-4-8-26)45(43,44)27-9-5-6-22(18-27)19-28(37-33(42)25-12-10-21(20-35)11-13-25)32-38-29(30(34)39-32)23-14-16-24(17-15-23)31(36)41/h2-9,14-18,21,25,28H,10-13,19-20,35H2,1H3,(H2,36,41)(H,37,42)(H,38,39). The number of amides is 2. The summed E-state index contributed by atoms with van der Waals surface area (Å²) in [6, 6.07) is 21.5. The van der Waals surface area contributed by atoms with Gasteiger partial charge in [0.1, 0.15) is 16.7 Å². The molecule has 10 nitrogen and oxygen atoms in total. The third-order valence-corrected chi connectivity index (χ3v) is 10.5. The van der Waals surface area contributed by atoms with Crippen molar-refractivity contribution in [2.75, 3.05) is 17.9 Å². The van der Waals surface area contributed by atoms with E-state index in [1.165, 1.54) is 11.4 Å². The molecule has 4 aromatic rings. The number of primary amides is 1.